The molecule has 6 heteroatoms. The Morgan fingerprint density at radius 2 is 2.04 bits per heavy atom. The van der Waals surface area contributed by atoms with Crippen LogP contribution in [0.1, 0.15) is 28.5 Å². The summed E-state index contributed by atoms with van der Waals surface area (Å²) in [5.41, 5.74) is 2.93. The number of carbonyl (C=O) groups excluding carboxylic acids is 1. The Morgan fingerprint density at radius 3 is 2.76 bits per heavy atom. The molecule has 25 heavy (non-hydrogen) atoms. The number of halogens is 1. The van der Waals surface area contributed by atoms with E-state index in [-0.39, 0.29) is 12.2 Å². The highest BCUT2D eigenvalue weighted by atomic mass is 79.9. The lowest BCUT2D eigenvalue weighted by atomic mass is 10.2. The number of fused-ring (bicyclic) bond motifs is 1. The first-order chi connectivity index (χ1) is 12.0. The predicted octanol–water partition coefficient (Wildman–Crippen LogP) is 3.84. The van der Waals surface area contributed by atoms with Crippen LogP contribution in [0.4, 0.5) is 0 Å². The van der Waals surface area contributed by atoms with E-state index in [2.05, 4.69) is 20.9 Å². The Kier molecular flexibility index (Phi) is 4.99. The summed E-state index contributed by atoms with van der Waals surface area (Å²) in [6.07, 6.45) is 0. The quantitative estimate of drug-likeness (QED) is 0.624. The van der Waals surface area contributed by atoms with Crippen LogP contribution >= 0.6 is 15.9 Å². The maximum Gasteiger partial charge on any atom is 0.338 e. The van der Waals surface area contributed by atoms with E-state index in [0.717, 1.165) is 10.0 Å². The molecule has 0 radical (unpaired) electrons. The molecule has 1 aromatic heterocycles. The second kappa shape index (κ2) is 7.19. The Morgan fingerprint density at radius 1 is 1.24 bits per heavy atom. The van der Waals surface area contributed by atoms with Crippen LogP contribution in [-0.2, 0) is 17.9 Å². The zero-order chi connectivity index (χ0) is 18.0. The van der Waals surface area contributed by atoms with Crippen LogP contribution < -0.4 is 5.56 Å². The summed E-state index contributed by atoms with van der Waals surface area (Å²) in [7, 11) is 0. The van der Waals surface area contributed by atoms with Gasteiger partial charge in [-0.1, -0.05) is 28.1 Å². The molecule has 0 fully saturated rings. The second-order valence-electron chi connectivity index (χ2n) is 5.66. The topological polar surface area (TPSA) is 61.2 Å². The summed E-state index contributed by atoms with van der Waals surface area (Å²) in [5.74, 6) is -0.421. The van der Waals surface area contributed by atoms with E-state index in [1.807, 2.05) is 31.2 Å². The summed E-state index contributed by atoms with van der Waals surface area (Å²) in [6.45, 7) is 4.31. The number of esters is 1. The molecule has 0 bridgehead atoms. The average molecular weight is 401 g/mol. The van der Waals surface area contributed by atoms with Crippen molar-refractivity contribution < 1.29 is 9.53 Å². The molecule has 0 aliphatic rings. The molecule has 0 atom stereocenters. The van der Waals surface area contributed by atoms with Crippen LogP contribution in [0.3, 0.4) is 0 Å². The van der Waals surface area contributed by atoms with Crippen molar-refractivity contribution in [1.29, 1.82) is 0 Å². The van der Waals surface area contributed by atoms with Crippen molar-refractivity contribution in [2.75, 3.05) is 0 Å². The molecule has 1 heterocycles. The Balaban J connectivity index is 1.87. The molecule has 5 nitrogen and oxygen atoms in total. The van der Waals surface area contributed by atoms with Gasteiger partial charge in [0.05, 0.1) is 16.6 Å². The Labute approximate surface area is 153 Å². The highest BCUT2D eigenvalue weighted by molar-refractivity contribution is 9.10. The first-order valence-corrected chi connectivity index (χ1v) is 8.71. The number of carbonyl (C=O) groups is 1. The second-order valence-corrected chi connectivity index (χ2v) is 6.57. The summed E-state index contributed by atoms with van der Waals surface area (Å²) in [6, 6.07) is 12.7. The van der Waals surface area contributed by atoms with Gasteiger partial charge in [-0.2, -0.15) is 0 Å². The van der Waals surface area contributed by atoms with Crippen LogP contribution in [0.15, 0.2) is 51.7 Å². The lowest BCUT2D eigenvalue weighted by Gasteiger charge is -2.10. The number of hydrogen-bond donors (Lipinski definition) is 0. The number of aryl methyl sites for hydroxylation is 2. The molecule has 0 spiro atoms. The minimum absolute atomic E-state index is 0.111. The highest BCUT2D eigenvalue weighted by Crippen LogP contribution is 2.16. The molecule has 0 amide bonds. The molecule has 0 N–H and O–H groups in total. The van der Waals surface area contributed by atoms with Gasteiger partial charge in [0, 0.05) is 11.0 Å². The van der Waals surface area contributed by atoms with Gasteiger partial charge in [0.15, 0.2) is 0 Å². The number of ether oxygens (including phenoxy) is 1. The van der Waals surface area contributed by atoms with Crippen molar-refractivity contribution in [3.8, 4) is 0 Å². The normalized spacial score (nSPS) is 10.8. The number of rotatable bonds is 4. The number of aromatic nitrogens is 2. The van der Waals surface area contributed by atoms with Gasteiger partial charge >= 0.3 is 5.97 Å². The lowest BCUT2D eigenvalue weighted by molar-refractivity contribution is 0.0473. The van der Waals surface area contributed by atoms with E-state index >= 15 is 0 Å². The molecule has 0 saturated heterocycles. The third-order valence-electron chi connectivity index (χ3n) is 3.92. The number of nitrogens with zero attached hydrogens (tertiary/aromatic N) is 2. The van der Waals surface area contributed by atoms with Crippen LogP contribution in [-0.4, -0.2) is 15.5 Å². The Bertz CT molecular complexity index is 1010. The predicted molar refractivity (Wildman–Crippen MR) is 99.7 cm³/mol. The molecule has 2 aromatic carbocycles. The summed E-state index contributed by atoms with van der Waals surface area (Å²) in [4.78, 5) is 28.8. The van der Waals surface area contributed by atoms with Crippen molar-refractivity contribution in [2.45, 2.75) is 27.0 Å². The van der Waals surface area contributed by atoms with Gasteiger partial charge < -0.3 is 9.30 Å². The van der Waals surface area contributed by atoms with Gasteiger partial charge in [-0.3, -0.25) is 4.79 Å². The van der Waals surface area contributed by atoms with Crippen LogP contribution in [0.5, 0.6) is 0 Å². The molecular weight excluding hydrogens is 384 g/mol. The maximum absolute atomic E-state index is 12.3. The molecule has 0 unspecified atom stereocenters. The van der Waals surface area contributed by atoms with Gasteiger partial charge in [0.25, 0.3) is 5.56 Å². The van der Waals surface area contributed by atoms with Crippen LogP contribution in [0.25, 0.3) is 11.0 Å². The molecule has 0 aliphatic carbocycles. The van der Waals surface area contributed by atoms with Gasteiger partial charge in [0.2, 0.25) is 0 Å². The number of benzene rings is 2. The number of hydrogen-bond acceptors (Lipinski definition) is 4. The maximum atomic E-state index is 12.3. The molecule has 3 aromatic rings. The molecule has 0 saturated carbocycles. The summed E-state index contributed by atoms with van der Waals surface area (Å²) < 4.78 is 7.95. The van der Waals surface area contributed by atoms with Crippen LogP contribution in [0.2, 0.25) is 0 Å². The van der Waals surface area contributed by atoms with Gasteiger partial charge in [-0.15, -0.1) is 0 Å². The van der Waals surface area contributed by atoms with E-state index in [0.29, 0.717) is 28.8 Å². The minimum atomic E-state index is -0.421. The molecule has 128 valence electrons. The first kappa shape index (κ1) is 17.4. The Hall–Kier alpha value is -2.47. The van der Waals surface area contributed by atoms with Crippen molar-refractivity contribution >= 4 is 32.9 Å². The van der Waals surface area contributed by atoms with E-state index in [4.69, 9.17) is 4.74 Å². The highest BCUT2D eigenvalue weighted by Gasteiger charge is 2.12. The van der Waals surface area contributed by atoms with Crippen molar-refractivity contribution in [3.05, 3.63) is 74.1 Å². The first-order valence-electron chi connectivity index (χ1n) is 7.92. The van der Waals surface area contributed by atoms with Gasteiger partial charge in [0.1, 0.15) is 12.3 Å². The summed E-state index contributed by atoms with van der Waals surface area (Å²) >= 11 is 3.39. The van der Waals surface area contributed by atoms with Gasteiger partial charge in [-0.05, 0) is 49.7 Å². The molecular formula is C19H17BrN2O3. The lowest BCUT2D eigenvalue weighted by Crippen LogP contribution is -2.23. The van der Waals surface area contributed by atoms with Crippen molar-refractivity contribution in [1.82, 2.24) is 9.55 Å². The molecule has 0 aliphatic heterocycles. The van der Waals surface area contributed by atoms with E-state index in [9.17, 15) is 9.59 Å². The third kappa shape index (κ3) is 3.64. The summed E-state index contributed by atoms with van der Waals surface area (Å²) in [5, 5.41) is 0. The van der Waals surface area contributed by atoms with Crippen molar-refractivity contribution in [3.63, 3.8) is 0 Å². The standard InChI is InChI=1S/C19H17BrN2O3/c1-3-22-17-8-7-14(10-16(17)21-12(2)18(22)23)19(24)25-11-13-5-4-6-15(20)9-13/h4-10H,3,11H2,1-2H3. The largest absolute Gasteiger partial charge is 0.457 e. The zero-order valence-corrected chi connectivity index (χ0v) is 15.5. The van der Waals surface area contributed by atoms with E-state index in [1.54, 1.807) is 29.7 Å². The zero-order valence-electron chi connectivity index (χ0n) is 14.0. The SMILES string of the molecule is CCn1c(=O)c(C)nc2cc(C(=O)OCc3cccc(Br)c3)ccc21. The monoisotopic (exact) mass is 400 g/mol. The third-order valence-corrected chi connectivity index (χ3v) is 4.41. The smallest absolute Gasteiger partial charge is 0.338 e. The minimum Gasteiger partial charge on any atom is -0.457 e. The average Bonchev–Trinajstić information content (AvgIpc) is 2.60. The fourth-order valence-corrected chi connectivity index (χ4v) is 3.12. The van der Waals surface area contributed by atoms with E-state index in [1.165, 1.54) is 0 Å². The fourth-order valence-electron chi connectivity index (χ4n) is 2.67. The van der Waals surface area contributed by atoms with Crippen LogP contribution in [0, 0.1) is 6.92 Å². The van der Waals surface area contributed by atoms with Gasteiger partial charge in [-0.25, -0.2) is 9.78 Å². The van der Waals surface area contributed by atoms with E-state index < -0.39 is 5.97 Å². The van der Waals surface area contributed by atoms with Crippen molar-refractivity contribution in [2.24, 2.45) is 0 Å². The molecule has 3 rings (SSSR count). The fraction of sp³-hybridized carbons (Fsp3) is 0.211.